The van der Waals surface area contributed by atoms with Crippen LogP contribution in [-0.2, 0) is 12.8 Å². The summed E-state index contributed by atoms with van der Waals surface area (Å²) in [5, 5.41) is 11.3. The third kappa shape index (κ3) is 5.34. The van der Waals surface area contributed by atoms with Crippen molar-refractivity contribution in [3.63, 3.8) is 0 Å². The molecule has 1 aliphatic carbocycles. The molecule has 0 unspecified atom stereocenters. The fourth-order valence-electron chi connectivity index (χ4n) is 4.07. The van der Waals surface area contributed by atoms with E-state index in [1.54, 1.807) is 12.1 Å². The molecule has 0 saturated heterocycles. The van der Waals surface area contributed by atoms with Crippen molar-refractivity contribution in [3.05, 3.63) is 93.8 Å². The van der Waals surface area contributed by atoms with Crippen LogP contribution in [0.3, 0.4) is 0 Å². The number of carbonyl (C=O) groups excluding carboxylic acids is 1. The van der Waals surface area contributed by atoms with Crippen LogP contribution in [0.5, 0.6) is 5.75 Å². The number of carbonyl (C=O) groups is 1. The third-order valence-corrected chi connectivity index (χ3v) is 5.73. The first-order chi connectivity index (χ1) is 16.5. The molecule has 0 spiro atoms. The number of rotatable bonds is 6. The van der Waals surface area contributed by atoms with E-state index in [1.165, 1.54) is 6.07 Å². The van der Waals surface area contributed by atoms with Gasteiger partial charge in [0, 0.05) is 5.56 Å². The van der Waals surface area contributed by atoms with Crippen molar-refractivity contribution in [1.29, 1.82) is 0 Å². The standard InChI is InChI=1S/C26H20F5NO3/c1-14-5-8-24(35-13-15-6-7-20(27)21(28)10-15)19(9-14)17-3-2-4-18(17)22-11-16(26(29,30)31)12-23(32-22)25(33)34/h5-12H,2-4,13H2,1H3,(H,33,34)/p-1. The Morgan fingerprint density at radius 2 is 1.74 bits per heavy atom. The summed E-state index contributed by atoms with van der Waals surface area (Å²) in [7, 11) is 0. The minimum absolute atomic E-state index is 0.0630. The van der Waals surface area contributed by atoms with E-state index in [9.17, 15) is 31.9 Å². The lowest BCUT2D eigenvalue weighted by Crippen LogP contribution is -2.25. The molecule has 1 heterocycles. The number of hydrogen-bond donors (Lipinski definition) is 0. The Morgan fingerprint density at radius 1 is 1.00 bits per heavy atom. The first-order valence-corrected chi connectivity index (χ1v) is 10.7. The van der Waals surface area contributed by atoms with Gasteiger partial charge in [-0.25, -0.2) is 13.8 Å². The first-order valence-electron chi connectivity index (χ1n) is 10.7. The first kappa shape index (κ1) is 24.4. The van der Waals surface area contributed by atoms with Crippen molar-refractivity contribution >= 4 is 17.1 Å². The lowest BCUT2D eigenvalue weighted by Gasteiger charge is -2.17. The van der Waals surface area contributed by atoms with Gasteiger partial charge in [0.05, 0.1) is 22.9 Å². The summed E-state index contributed by atoms with van der Waals surface area (Å²) in [5.74, 6) is -3.38. The second-order valence-electron chi connectivity index (χ2n) is 8.26. The second kappa shape index (κ2) is 9.48. The maximum absolute atomic E-state index is 13.6. The van der Waals surface area contributed by atoms with Crippen LogP contribution in [0.25, 0.3) is 11.1 Å². The lowest BCUT2D eigenvalue weighted by atomic mass is 9.96. The molecule has 3 aromatic rings. The van der Waals surface area contributed by atoms with Gasteiger partial charge in [0.15, 0.2) is 11.6 Å². The van der Waals surface area contributed by atoms with Gasteiger partial charge in [-0.2, -0.15) is 13.2 Å². The Kier molecular flexibility index (Phi) is 6.60. The molecule has 0 atom stereocenters. The summed E-state index contributed by atoms with van der Waals surface area (Å²) in [6.45, 7) is 1.78. The number of ether oxygens (including phenoxy) is 1. The highest BCUT2D eigenvalue weighted by atomic mass is 19.4. The van der Waals surface area contributed by atoms with E-state index in [-0.39, 0.29) is 12.3 Å². The van der Waals surface area contributed by atoms with Crippen molar-refractivity contribution in [2.75, 3.05) is 0 Å². The van der Waals surface area contributed by atoms with E-state index in [4.69, 9.17) is 4.74 Å². The summed E-state index contributed by atoms with van der Waals surface area (Å²) < 4.78 is 72.9. The van der Waals surface area contributed by atoms with Gasteiger partial charge in [-0.3, -0.25) is 0 Å². The third-order valence-electron chi connectivity index (χ3n) is 5.73. The molecule has 4 nitrogen and oxygen atoms in total. The number of benzene rings is 2. The summed E-state index contributed by atoms with van der Waals surface area (Å²) >= 11 is 0. The predicted octanol–water partition coefficient (Wildman–Crippen LogP) is 5.72. The number of aryl methyl sites for hydroxylation is 1. The SMILES string of the molecule is Cc1ccc(OCc2ccc(F)c(F)c2)c(C2=C(c3cc(C(F)(F)F)cc(C(=O)[O-])n3)CCC2)c1. The fraction of sp³-hybridized carbons (Fsp3) is 0.231. The minimum atomic E-state index is -4.76. The molecule has 0 bridgehead atoms. The van der Waals surface area contributed by atoms with Crippen LogP contribution in [0, 0.1) is 18.6 Å². The number of halogens is 5. The van der Waals surface area contributed by atoms with E-state index < -0.39 is 35.0 Å². The Bertz CT molecular complexity index is 1330. The van der Waals surface area contributed by atoms with E-state index in [2.05, 4.69) is 4.98 Å². The molecular formula is C26H19F5NO3-. The Balaban J connectivity index is 1.77. The van der Waals surface area contributed by atoms with Crippen LogP contribution >= 0.6 is 0 Å². The van der Waals surface area contributed by atoms with Gasteiger partial charge in [-0.15, -0.1) is 0 Å². The number of nitrogens with zero attached hydrogens (tertiary/aromatic N) is 1. The second-order valence-corrected chi connectivity index (χ2v) is 8.26. The molecule has 0 aliphatic heterocycles. The van der Waals surface area contributed by atoms with Gasteiger partial charge in [0.1, 0.15) is 12.4 Å². The number of pyridine rings is 1. The average molecular weight is 488 g/mol. The molecule has 4 rings (SSSR count). The number of carboxylic acid groups (broad SMARTS) is 1. The van der Waals surface area contributed by atoms with E-state index >= 15 is 0 Å². The summed E-state index contributed by atoms with van der Waals surface area (Å²) in [6.07, 6.45) is -3.23. The molecule has 9 heteroatoms. The quantitative estimate of drug-likeness (QED) is 0.416. The predicted molar refractivity (Wildman–Crippen MR) is 116 cm³/mol. The normalized spacial score (nSPS) is 13.9. The minimum Gasteiger partial charge on any atom is -0.543 e. The van der Waals surface area contributed by atoms with Crippen molar-refractivity contribution in [2.45, 2.75) is 39.0 Å². The van der Waals surface area contributed by atoms with Gasteiger partial charge in [0.2, 0.25) is 0 Å². The van der Waals surface area contributed by atoms with E-state index in [0.29, 0.717) is 53.4 Å². The number of hydrogen-bond acceptors (Lipinski definition) is 4. The van der Waals surface area contributed by atoms with Gasteiger partial charge < -0.3 is 14.6 Å². The number of aromatic nitrogens is 1. The van der Waals surface area contributed by atoms with Crippen LogP contribution in [-0.4, -0.2) is 11.0 Å². The van der Waals surface area contributed by atoms with E-state index in [1.807, 2.05) is 13.0 Å². The molecule has 0 saturated carbocycles. The lowest BCUT2D eigenvalue weighted by molar-refractivity contribution is -0.255. The number of alkyl halides is 3. The molecule has 0 fully saturated rings. The molecule has 35 heavy (non-hydrogen) atoms. The maximum Gasteiger partial charge on any atom is 0.416 e. The zero-order chi connectivity index (χ0) is 25.3. The number of aromatic carboxylic acids is 1. The van der Waals surface area contributed by atoms with Crippen LogP contribution in [0.4, 0.5) is 22.0 Å². The maximum atomic E-state index is 13.6. The Hall–Kier alpha value is -3.75. The zero-order valence-corrected chi connectivity index (χ0v) is 18.5. The van der Waals surface area contributed by atoms with Crippen LogP contribution < -0.4 is 9.84 Å². The molecule has 182 valence electrons. The molecule has 0 radical (unpaired) electrons. The van der Waals surface area contributed by atoms with Gasteiger partial charge >= 0.3 is 6.18 Å². The topological polar surface area (TPSA) is 62.2 Å². The molecule has 0 N–H and O–H groups in total. The van der Waals surface area contributed by atoms with Gasteiger partial charge in [-0.1, -0.05) is 17.7 Å². The van der Waals surface area contributed by atoms with Crippen LogP contribution in [0.1, 0.15) is 57.7 Å². The Morgan fingerprint density at radius 3 is 2.43 bits per heavy atom. The largest absolute Gasteiger partial charge is 0.543 e. The van der Waals surface area contributed by atoms with Gasteiger partial charge in [0.25, 0.3) is 0 Å². The summed E-state index contributed by atoms with van der Waals surface area (Å²) in [4.78, 5) is 15.3. The van der Waals surface area contributed by atoms with Crippen molar-refractivity contribution in [3.8, 4) is 5.75 Å². The van der Waals surface area contributed by atoms with Gasteiger partial charge in [-0.05, 0) is 79.3 Å². The smallest absolute Gasteiger partial charge is 0.416 e. The molecule has 0 amide bonds. The molecule has 1 aromatic heterocycles. The van der Waals surface area contributed by atoms with Crippen molar-refractivity contribution in [2.24, 2.45) is 0 Å². The number of carboxylic acids is 1. The molecular weight excluding hydrogens is 469 g/mol. The summed E-state index contributed by atoms with van der Waals surface area (Å²) in [5.41, 5.74) is 1.05. The molecule has 2 aromatic carbocycles. The number of allylic oxidation sites excluding steroid dienone is 2. The highest BCUT2D eigenvalue weighted by molar-refractivity contribution is 5.94. The zero-order valence-electron chi connectivity index (χ0n) is 18.5. The van der Waals surface area contributed by atoms with Crippen molar-refractivity contribution in [1.82, 2.24) is 4.98 Å². The highest BCUT2D eigenvalue weighted by Gasteiger charge is 2.33. The van der Waals surface area contributed by atoms with E-state index in [0.717, 1.165) is 23.8 Å². The highest BCUT2D eigenvalue weighted by Crippen LogP contribution is 2.43. The average Bonchev–Trinajstić information content (AvgIpc) is 3.29. The monoisotopic (exact) mass is 488 g/mol. The van der Waals surface area contributed by atoms with Crippen LogP contribution in [0.2, 0.25) is 0 Å². The fourth-order valence-corrected chi connectivity index (χ4v) is 4.07. The van der Waals surface area contributed by atoms with Crippen molar-refractivity contribution < 1.29 is 36.6 Å². The molecule has 1 aliphatic rings. The Labute approximate surface area is 197 Å². The van der Waals surface area contributed by atoms with Crippen LogP contribution in [0.15, 0.2) is 48.5 Å². The summed E-state index contributed by atoms with van der Waals surface area (Å²) in [6, 6.07) is 10.00.